The van der Waals surface area contributed by atoms with Crippen LogP contribution in [0.25, 0.3) is 0 Å². The zero-order valence-corrected chi connectivity index (χ0v) is 10.3. The van der Waals surface area contributed by atoms with Crippen LogP contribution < -0.4 is 4.90 Å². The van der Waals surface area contributed by atoms with Crippen LogP contribution in [0.15, 0.2) is 30.3 Å². The van der Waals surface area contributed by atoms with Gasteiger partial charge in [0.05, 0.1) is 0 Å². The Morgan fingerprint density at radius 1 is 1.00 bits per heavy atom. The fourth-order valence-corrected chi connectivity index (χ4v) is 2.82. The van der Waals surface area contributed by atoms with E-state index in [9.17, 15) is 8.42 Å². The molecule has 16 heavy (non-hydrogen) atoms. The monoisotopic (exact) mass is 260 g/mol. The average molecular weight is 261 g/mol. The standard InChI is InChI=1S/C10H13ClN2O2S/c11-16(14,15)13-8-6-12(7-9-13)10-4-2-1-3-5-10/h1-5H,6-9H2. The highest BCUT2D eigenvalue weighted by atomic mass is 35.7. The number of anilines is 1. The maximum Gasteiger partial charge on any atom is 0.299 e. The first kappa shape index (κ1) is 11.7. The molecule has 1 aliphatic rings. The number of rotatable bonds is 2. The van der Waals surface area contributed by atoms with Gasteiger partial charge in [-0.3, -0.25) is 0 Å². The molecule has 88 valence electrons. The molecule has 0 radical (unpaired) electrons. The molecule has 0 bridgehead atoms. The third kappa shape index (κ3) is 2.66. The van der Waals surface area contributed by atoms with E-state index in [4.69, 9.17) is 10.7 Å². The normalized spacial score (nSPS) is 18.7. The first-order valence-electron chi connectivity index (χ1n) is 5.07. The van der Waals surface area contributed by atoms with Gasteiger partial charge >= 0.3 is 0 Å². The summed E-state index contributed by atoms with van der Waals surface area (Å²) < 4.78 is 23.5. The quantitative estimate of drug-likeness (QED) is 0.753. The third-order valence-electron chi connectivity index (χ3n) is 2.67. The molecule has 0 aliphatic carbocycles. The number of para-hydroxylation sites is 1. The largest absolute Gasteiger partial charge is 0.369 e. The van der Waals surface area contributed by atoms with Gasteiger partial charge in [0.1, 0.15) is 0 Å². The van der Waals surface area contributed by atoms with Crippen LogP contribution in [0.4, 0.5) is 5.69 Å². The molecule has 0 saturated carbocycles. The second-order valence-corrected chi connectivity index (χ2v) is 6.17. The first-order valence-corrected chi connectivity index (χ1v) is 7.34. The minimum absolute atomic E-state index is 0.445. The molecule has 0 spiro atoms. The summed E-state index contributed by atoms with van der Waals surface area (Å²) in [6.07, 6.45) is 0. The fourth-order valence-electron chi connectivity index (χ4n) is 1.80. The summed E-state index contributed by atoms with van der Waals surface area (Å²) in [7, 11) is 1.73. The van der Waals surface area contributed by atoms with E-state index in [0.717, 1.165) is 5.69 Å². The number of hydrogen-bond donors (Lipinski definition) is 0. The van der Waals surface area contributed by atoms with Crippen LogP contribution in [0.1, 0.15) is 0 Å². The number of benzene rings is 1. The lowest BCUT2D eigenvalue weighted by atomic mass is 10.2. The Hall–Kier alpha value is -0.780. The van der Waals surface area contributed by atoms with Crippen LogP contribution in [0.3, 0.4) is 0 Å². The predicted molar refractivity (Wildman–Crippen MR) is 65.0 cm³/mol. The fraction of sp³-hybridized carbons (Fsp3) is 0.400. The van der Waals surface area contributed by atoms with Crippen LogP contribution in [0, 0.1) is 0 Å². The van der Waals surface area contributed by atoms with Crippen molar-refractivity contribution in [3.8, 4) is 0 Å². The Kier molecular flexibility index (Phi) is 3.37. The van der Waals surface area contributed by atoms with E-state index < -0.39 is 9.24 Å². The number of piperazine rings is 1. The van der Waals surface area contributed by atoms with Gasteiger partial charge in [-0.05, 0) is 12.1 Å². The van der Waals surface area contributed by atoms with Crippen LogP contribution in [0.2, 0.25) is 0 Å². The lowest BCUT2D eigenvalue weighted by Gasteiger charge is -2.33. The first-order chi connectivity index (χ1) is 7.57. The van der Waals surface area contributed by atoms with Crippen LogP contribution >= 0.6 is 10.7 Å². The second kappa shape index (κ2) is 4.61. The van der Waals surface area contributed by atoms with Crippen molar-refractivity contribution in [3.05, 3.63) is 30.3 Å². The van der Waals surface area contributed by atoms with Gasteiger partial charge in [-0.1, -0.05) is 18.2 Å². The highest BCUT2D eigenvalue weighted by Crippen LogP contribution is 2.17. The SMILES string of the molecule is O=S(=O)(Cl)N1CCN(c2ccccc2)CC1. The third-order valence-corrected chi connectivity index (χ3v) is 4.24. The summed E-state index contributed by atoms with van der Waals surface area (Å²) in [6, 6.07) is 9.94. The Morgan fingerprint density at radius 2 is 1.56 bits per heavy atom. The van der Waals surface area contributed by atoms with Crippen LogP contribution in [-0.4, -0.2) is 38.9 Å². The highest BCUT2D eigenvalue weighted by Gasteiger charge is 2.24. The van der Waals surface area contributed by atoms with Gasteiger partial charge in [0.2, 0.25) is 0 Å². The summed E-state index contributed by atoms with van der Waals surface area (Å²) in [5.74, 6) is 0. The Labute approximate surface area is 100.0 Å². The summed E-state index contributed by atoms with van der Waals surface area (Å²) in [6.45, 7) is 2.24. The van der Waals surface area contributed by atoms with E-state index >= 15 is 0 Å². The second-order valence-electron chi connectivity index (χ2n) is 3.66. The molecule has 0 unspecified atom stereocenters. The van der Waals surface area contributed by atoms with E-state index in [-0.39, 0.29) is 0 Å². The minimum Gasteiger partial charge on any atom is -0.369 e. The molecule has 1 saturated heterocycles. The Morgan fingerprint density at radius 3 is 2.06 bits per heavy atom. The van der Waals surface area contributed by atoms with Gasteiger partial charge in [0, 0.05) is 42.5 Å². The molecule has 0 aromatic heterocycles. The summed E-state index contributed by atoms with van der Waals surface area (Å²) >= 11 is 0. The number of halogens is 1. The van der Waals surface area contributed by atoms with Gasteiger partial charge in [-0.15, -0.1) is 0 Å². The molecular formula is C10H13ClN2O2S. The zero-order chi connectivity index (χ0) is 11.6. The van der Waals surface area contributed by atoms with E-state index in [2.05, 4.69) is 4.90 Å². The lowest BCUT2D eigenvalue weighted by Crippen LogP contribution is -2.47. The summed E-state index contributed by atoms with van der Waals surface area (Å²) in [5.41, 5.74) is 1.12. The van der Waals surface area contributed by atoms with Crippen molar-refractivity contribution in [1.82, 2.24) is 4.31 Å². The highest BCUT2D eigenvalue weighted by molar-refractivity contribution is 8.11. The topological polar surface area (TPSA) is 40.6 Å². The van der Waals surface area contributed by atoms with E-state index in [1.54, 1.807) is 0 Å². The average Bonchev–Trinajstić information content (AvgIpc) is 2.29. The summed E-state index contributed by atoms with van der Waals surface area (Å²) in [4.78, 5) is 2.15. The van der Waals surface area contributed by atoms with Gasteiger partial charge in [-0.2, -0.15) is 12.7 Å². The molecule has 1 heterocycles. The number of nitrogens with zero attached hydrogens (tertiary/aromatic N) is 2. The van der Waals surface area contributed by atoms with Crippen molar-refractivity contribution in [2.24, 2.45) is 0 Å². The molecule has 1 aromatic rings. The lowest BCUT2D eigenvalue weighted by molar-refractivity contribution is 0.393. The molecular weight excluding hydrogens is 248 g/mol. The predicted octanol–water partition coefficient (Wildman–Crippen LogP) is 1.29. The van der Waals surface area contributed by atoms with Crippen molar-refractivity contribution in [3.63, 3.8) is 0 Å². The van der Waals surface area contributed by atoms with Crippen molar-refractivity contribution in [1.29, 1.82) is 0 Å². The van der Waals surface area contributed by atoms with Crippen molar-refractivity contribution in [2.45, 2.75) is 0 Å². The molecule has 0 amide bonds. The van der Waals surface area contributed by atoms with Crippen molar-refractivity contribution in [2.75, 3.05) is 31.1 Å². The minimum atomic E-state index is -3.55. The summed E-state index contributed by atoms with van der Waals surface area (Å²) in [5, 5.41) is 0. The smallest absolute Gasteiger partial charge is 0.299 e. The molecule has 1 aliphatic heterocycles. The number of hydrogen-bond acceptors (Lipinski definition) is 3. The zero-order valence-electron chi connectivity index (χ0n) is 8.71. The molecule has 0 atom stereocenters. The van der Waals surface area contributed by atoms with E-state index in [1.165, 1.54) is 4.31 Å². The van der Waals surface area contributed by atoms with Crippen LogP contribution in [0.5, 0.6) is 0 Å². The van der Waals surface area contributed by atoms with Gasteiger partial charge in [0.15, 0.2) is 0 Å². The van der Waals surface area contributed by atoms with Gasteiger partial charge in [0.25, 0.3) is 9.24 Å². The Balaban J connectivity index is 2.01. The van der Waals surface area contributed by atoms with Gasteiger partial charge in [-0.25, -0.2) is 0 Å². The maximum absolute atomic E-state index is 11.1. The molecule has 6 heteroatoms. The molecule has 4 nitrogen and oxygen atoms in total. The van der Waals surface area contributed by atoms with Crippen molar-refractivity contribution >= 4 is 25.6 Å². The molecule has 1 aromatic carbocycles. The molecule has 2 rings (SSSR count). The van der Waals surface area contributed by atoms with E-state index in [0.29, 0.717) is 26.2 Å². The van der Waals surface area contributed by atoms with E-state index in [1.807, 2.05) is 30.3 Å². The molecule has 1 fully saturated rings. The van der Waals surface area contributed by atoms with Crippen molar-refractivity contribution < 1.29 is 8.42 Å². The maximum atomic E-state index is 11.1. The van der Waals surface area contributed by atoms with Crippen LogP contribution in [-0.2, 0) is 9.24 Å². The Bertz CT molecular complexity index is 441. The van der Waals surface area contributed by atoms with Gasteiger partial charge < -0.3 is 4.90 Å². The molecule has 0 N–H and O–H groups in total.